The van der Waals surface area contributed by atoms with Crippen LogP contribution in [0.15, 0.2) is 30.3 Å². The highest BCUT2D eigenvalue weighted by Crippen LogP contribution is 2.38. The molecule has 0 heterocycles. The molecule has 0 aromatic heterocycles. The minimum absolute atomic E-state index is 0.230. The molecule has 2 rings (SSSR count). The number of benzene rings is 2. The lowest BCUT2D eigenvalue weighted by Crippen LogP contribution is -1.91. The molecule has 98 valence electrons. The van der Waals surface area contributed by atoms with E-state index in [2.05, 4.69) is 0 Å². The topological polar surface area (TPSA) is 17.1 Å². The number of carbonyl (C=O) groups is 1. The molecule has 0 spiro atoms. The van der Waals surface area contributed by atoms with Gasteiger partial charge in [0.15, 0.2) is 0 Å². The first-order valence-electron chi connectivity index (χ1n) is 5.04. The summed E-state index contributed by atoms with van der Waals surface area (Å²) in [7, 11) is 0. The van der Waals surface area contributed by atoms with Crippen LogP contribution in [0.3, 0.4) is 0 Å². The summed E-state index contributed by atoms with van der Waals surface area (Å²) in [6.07, 6.45) is 0. The third-order valence-electron chi connectivity index (χ3n) is 2.48. The van der Waals surface area contributed by atoms with E-state index in [0.29, 0.717) is 26.2 Å². The van der Waals surface area contributed by atoms with Crippen molar-refractivity contribution in [3.05, 3.63) is 56.0 Å². The van der Waals surface area contributed by atoms with Gasteiger partial charge >= 0.3 is 0 Å². The van der Waals surface area contributed by atoms with E-state index in [1.165, 1.54) is 6.07 Å². The quantitative estimate of drug-likeness (QED) is 0.575. The van der Waals surface area contributed by atoms with Gasteiger partial charge in [-0.2, -0.15) is 0 Å². The van der Waals surface area contributed by atoms with Crippen LogP contribution < -0.4 is 0 Å². The molecule has 0 aliphatic heterocycles. The average Bonchev–Trinajstić information content (AvgIpc) is 2.26. The van der Waals surface area contributed by atoms with E-state index < -0.39 is 5.24 Å². The molecule has 0 unspecified atom stereocenters. The van der Waals surface area contributed by atoms with E-state index in [1.54, 1.807) is 24.3 Å². The van der Waals surface area contributed by atoms with Crippen LogP contribution in [0.5, 0.6) is 0 Å². The maximum Gasteiger partial charge on any atom is 0.253 e. The molecule has 6 heteroatoms. The largest absolute Gasteiger partial charge is 0.276 e. The molecule has 0 saturated carbocycles. The summed E-state index contributed by atoms with van der Waals surface area (Å²) in [4.78, 5) is 11.1. The van der Waals surface area contributed by atoms with Crippen LogP contribution in [-0.4, -0.2) is 5.24 Å². The SMILES string of the molecule is O=C(Cl)c1ccc(-c2c(Cl)cc(Cl)cc2Cl)cc1Cl. The molecule has 0 saturated heterocycles. The molecular weight excluding hydrogens is 349 g/mol. The van der Waals surface area contributed by atoms with Gasteiger partial charge in [-0.3, -0.25) is 4.79 Å². The molecule has 0 radical (unpaired) electrons. The van der Waals surface area contributed by atoms with Crippen molar-refractivity contribution in [3.8, 4) is 11.1 Å². The molecule has 2 aromatic rings. The lowest BCUT2D eigenvalue weighted by Gasteiger charge is -2.09. The second-order valence-corrected chi connectivity index (χ2v) is 5.71. The summed E-state index contributed by atoms with van der Waals surface area (Å²) >= 11 is 29.5. The number of carbonyl (C=O) groups excluding carboxylic acids is 1. The monoisotopic (exact) mass is 352 g/mol. The third-order valence-corrected chi connectivity index (χ3v) is 3.81. The van der Waals surface area contributed by atoms with E-state index in [4.69, 9.17) is 58.0 Å². The van der Waals surface area contributed by atoms with Crippen molar-refractivity contribution < 1.29 is 4.79 Å². The first kappa shape index (κ1) is 15.0. The molecule has 0 bridgehead atoms. The van der Waals surface area contributed by atoms with Gasteiger partial charge in [-0.1, -0.05) is 52.5 Å². The van der Waals surface area contributed by atoms with E-state index in [-0.39, 0.29) is 10.6 Å². The number of hydrogen-bond donors (Lipinski definition) is 0. The van der Waals surface area contributed by atoms with Gasteiger partial charge in [0.1, 0.15) is 0 Å². The maximum absolute atomic E-state index is 11.1. The molecule has 1 nitrogen and oxygen atoms in total. The predicted octanol–water partition coefficient (Wildman–Crippen LogP) is 6.35. The highest BCUT2D eigenvalue weighted by molar-refractivity contribution is 6.68. The van der Waals surface area contributed by atoms with Gasteiger partial charge in [0.25, 0.3) is 5.24 Å². The van der Waals surface area contributed by atoms with Crippen molar-refractivity contribution in [2.24, 2.45) is 0 Å². The van der Waals surface area contributed by atoms with Gasteiger partial charge in [0.2, 0.25) is 0 Å². The van der Waals surface area contributed by atoms with Crippen molar-refractivity contribution in [2.75, 3.05) is 0 Å². The normalized spacial score (nSPS) is 10.6. The molecule has 19 heavy (non-hydrogen) atoms. The summed E-state index contributed by atoms with van der Waals surface area (Å²) < 4.78 is 0. The minimum atomic E-state index is -0.621. The Balaban J connectivity index is 2.61. The van der Waals surface area contributed by atoms with Crippen molar-refractivity contribution in [3.63, 3.8) is 0 Å². The van der Waals surface area contributed by atoms with Gasteiger partial charge in [-0.15, -0.1) is 0 Å². The molecule has 0 atom stereocenters. The van der Waals surface area contributed by atoms with E-state index in [1.807, 2.05) is 0 Å². The van der Waals surface area contributed by atoms with Crippen molar-refractivity contribution in [2.45, 2.75) is 0 Å². The van der Waals surface area contributed by atoms with Gasteiger partial charge in [0, 0.05) is 10.6 Å². The minimum Gasteiger partial charge on any atom is -0.276 e. The van der Waals surface area contributed by atoms with Gasteiger partial charge < -0.3 is 0 Å². The summed E-state index contributed by atoms with van der Waals surface area (Å²) in [6.45, 7) is 0. The van der Waals surface area contributed by atoms with Crippen LogP contribution in [0.25, 0.3) is 11.1 Å². The first-order chi connectivity index (χ1) is 8.90. The molecule has 0 aliphatic carbocycles. The van der Waals surface area contributed by atoms with Crippen LogP contribution in [-0.2, 0) is 0 Å². The van der Waals surface area contributed by atoms with Crippen molar-refractivity contribution in [1.29, 1.82) is 0 Å². The maximum atomic E-state index is 11.1. The van der Waals surface area contributed by atoms with Gasteiger partial charge in [-0.05, 0) is 41.4 Å². The fourth-order valence-corrected chi connectivity index (χ4v) is 3.16. The average molecular weight is 354 g/mol. The van der Waals surface area contributed by atoms with E-state index in [0.717, 1.165) is 0 Å². The van der Waals surface area contributed by atoms with Gasteiger partial charge in [-0.25, -0.2) is 0 Å². The molecule has 0 N–H and O–H groups in total. The number of halogens is 5. The first-order valence-corrected chi connectivity index (χ1v) is 6.93. The van der Waals surface area contributed by atoms with Gasteiger partial charge in [0.05, 0.1) is 20.6 Å². The molecular formula is C13H5Cl5O. The standard InChI is InChI=1S/C13H5Cl5O/c14-7-4-10(16)12(11(17)5-7)6-1-2-8(13(18)19)9(15)3-6/h1-5H. The Labute approximate surface area is 135 Å². The number of hydrogen-bond acceptors (Lipinski definition) is 1. The zero-order valence-electron chi connectivity index (χ0n) is 9.18. The highest BCUT2D eigenvalue weighted by Gasteiger charge is 2.13. The zero-order chi connectivity index (χ0) is 14.2. The molecule has 0 fully saturated rings. The highest BCUT2D eigenvalue weighted by atomic mass is 35.5. The lowest BCUT2D eigenvalue weighted by molar-refractivity contribution is 0.108. The summed E-state index contributed by atoms with van der Waals surface area (Å²) in [5.74, 6) is 0. The Kier molecular flexibility index (Phi) is 4.65. The molecule has 0 aliphatic rings. The van der Waals surface area contributed by atoms with Crippen LogP contribution >= 0.6 is 58.0 Å². The summed E-state index contributed by atoms with van der Waals surface area (Å²) in [6, 6.07) is 7.94. The zero-order valence-corrected chi connectivity index (χ0v) is 13.0. The fraction of sp³-hybridized carbons (Fsp3) is 0. The van der Waals surface area contributed by atoms with Crippen LogP contribution in [0.2, 0.25) is 20.1 Å². The molecule has 2 aromatic carbocycles. The van der Waals surface area contributed by atoms with Crippen molar-refractivity contribution in [1.82, 2.24) is 0 Å². The Morgan fingerprint density at radius 1 is 0.842 bits per heavy atom. The number of rotatable bonds is 2. The fourth-order valence-electron chi connectivity index (χ4n) is 1.65. The van der Waals surface area contributed by atoms with E-state index in [9.17, 15) is 4.79 Å². The second-order valence-electron chi connectivity index (χ2n) is 3.71. The smallest absolute Gasteiger partial charge is 0.253 e. The Morgan fingerprint density at radius 2 is 1.42 bits per heavy atom. The Morgan fingerprint density at radius 3 is 1.89 bits per heavy atom. The van der Waals surface area contributed by atoms with Crippen molar-refractivity contribution >= 4 is 63.2 Å². The Hall–Kier alpha value is -0.440. The van der Waals surface area contributed by atoms with E-state index >= 15 is 0 Å². The summed E-state index contributed by atoms with van der Waals surface area (Å²) in [5.41, 5.74) is 1.51. The predicted molar refractivity (Wildman–Crippen MR) is 82.1 cm³/mol. The Bertz CT molecular complexity index is 643. The van der Waals surface area contributed by atoms with Crippen LogP contribution in [0.1, 0.15) is 10.4 Å². The lowest BCUT2D eigenvalue weighted by atomic mass is 10.0. The second kappa shape index (κ2) is 5.90. The summed E-state index contributed by atoms with van der Waals surface area (Å²) in [5, 5.41) is 0.860. The molecule has 0 amide bonds. The third kappa shape index (κ3) is 3.18. The van der Waals surface area contributed by atoms with Crippen LogP contribution in [0.4, 0.5) is 0 Å². The van der Waals surface area contributed by atoms with Crippen LogP contribution in [0, 0.1) is 0 Å².